The number of halogens is 2. The molecule has 2 aromatic heterocycles. The van der Waals surface area contributed by atoms with Gasteiger partial charge >= 0.3 is 7.82 Å². The number of hydrogen-bond donors (Lipinski definition) is 5. The first-order valence-electron chi connectivity index (χ1n) is 9.21. The number of rotatable bonds is 7. The van der Waals surface area contributed by atoms with Gasteiger partial charge in [0, 0.05) is 17.1 Å². The summed E-state index contributed by atoms with van der Waals surface area (Å²) in [6, 6.07) is 4.16. The van der Waals surface area contributed by atoms with Crippen LogP contribution in [0.5, 0.6) is 0 Å². The Hall–Kier alpha value is -2.22. The molecule has 4 rings (SSSR count). The number of phosphoric ester groups is 1. The van der Waals surface area contributed by atoms with Crippen LogP contribution >= 0.6 is 19.4 Å². The molecule has 15 heteroatoms. The topological polar surface area (TPSA) is 172 Å². The van der Waals surface area contributed by atoms with Gasteiger partial charge in [-0.1, -0.05) is 11.6 Å². The van der Waals surface area contributed by atoms with Gasteiger partial charge in [0.15, 0.2) is 23.2 Å². The zero-order valence-electron chi connectivity index (χ0n) is 16.1. The molecule has 0 unspecified atom stereocenters. The van der Waals surface area contributed by atoms with Crippen molar-refractivity contribution < 1.29 is 38.2 Å². The van der Waals surface area contributed by atoms with Crippen LogP contribution in [-0.2, 0) is 20.4 Å². The molecule has 1 aliphatic rings. The van der Waals surface area contributed by atoms with E-state index in [2.05, 4.69) is 24.8 Å². The molecule has 5 N–H and O–H groups in total. The quantitative estimate of drug-likeness (QED) is 0.299. The molecule has 1 fully saturated rings. The number of hydrogen-bond acceptors (Lipinski definition) is 9. The van der Waals surface area contributed by atoms with Gasteiger partial charge in [0.2, 0.25) is 0 Å². The van der Waals surface area contributed by atoms with Crippen molar-refractivity contribution in [1.82, 2.24) is 19.5 Å². The molecule has 32 heavy (non-hydrogen) atoms. The number of aliphatic hydroxyl groups is 2. The number of aromatic nitrogens is 4. The van der Waals surface area contributed by atoms with E-state index in [1.54, 1.807) is 0 Å². The summed E-state index contributed by atoms with van der Waals surface area (Å²) in [6.07, 6.45) is -2.77. The minimum absolute atomic E-state index is 0.0639. The summed E-state index contributed by atoms with van der Waals surface area (Å²) in [6.45, 7) is -0.576. The minimum Gasteiger partial charge on any atom is -0.387 e. The Bertz CT molecular complexity index is 1180. The third kappa shape index (κ3) is 4.75. The van der Waals surface area contributed by atoms with Crippen LogP contribution in [0.2, 0.25) is 5.02 Å². The Labute approximate surface area is 184 Å². The molecule has 4 atom stereocenters. The lowest BCUT2D eigenvalue weighted by Crippen LogP contribution is -2.33. The van der Waals surface area contributed by atoms with Gasteiger partial charge in [0.05, 0.1) is 12.9 Å². The molecular formula is C17H18ClFN5O7P. The molecule has 0 radical (unpaired) electrons. The molecular weight excluding hydrogens is 472 g/mol. The molecule has 1 aliphatic heterocycles. The molecule has 0 saturated carbocycles. The second kappa shape index (κ2) is 8.96. The molecule has 12 nitrogen and oxygen atoms in total. The Kier molecular flexibility index (Phi) is 6.43. The molecule has 3 heterocycles. The third-order valence-corrected chi connectivity index (χ3v) is 5.55. The monoisotopic (exact) mass is 489 g/mol. The van der Waals surface area contributed by atoms with Gasteiger partial charge in [-0.25, -0.2) is 23.9 Å². The maximum Gasteiger partial charge on any atom is 0.469 e. The molecule has 1 aromatic carbocycles. The molecule has 1 saturated heterocycles. The van der Waals surface area contributed by atoms with Crippen LogP contribution in [-0.4, -0.2) is 64.4 Å². The average Bonchev–Trinajstić information content (AvgIpc) is 3.28. The summed E-state index contributed by atoms with van der Waals surface area (Å²) in [4.78, 5) is 30.1. The largest absolute Gasteiger partial charge is 0.469 e. The van der Waals surface area contributed by atoms with Crippen LogP contribution in [0.4, 0.5) is 10.2 Å². The standard InChI is InChI=1S/C17H18ClFN5O7P/c18-9-1-2-10(19)8(3-9)4-20-15-12-16(22-6-21-15)24(7-23-12)17-14(26)13(25)11(31-17)5-30-32(27,28)29/h1-3,6-7,11,13-14,17,25-26H,4-5H2,(H,20,21,22)(H2,27,28,29)/t11-,13-,14-,17-/m1/s1. The SMILES string of the molecule is O=P(O)(O)OC[C@H]1O[C@@H](n2cnc3c(NCc4cc(Cl)ccc4F)ncnc32)[C@H](O)[C@@H]1O. The van der Waals surface area contributed by atoms with E-state index in [9.17, 15) is 19.2 Å². The normalized spacial score (nSPS) is 23.7. The summed E-state index contributed by atoms with van der Waals surface area (Å²) in [5, 5.41) is 23.9. The number of benzene rings is 1. The van der Waals surface area contributed by atoms with Crippen molar-refractivity contribution in [2.45, 2.75) is 31.1 Å². The average molecular weight is 490 g/mol. The first kappa shape index (κ1) is 23.0. The van der Waals surface area contributed by atoms with Crippen LogP contribution in [0.3, 0.4) is 0 Å². The fourth-order valence-electron chi connectivity index (χ4n) is 3.29. The lowest BCUT2D eigenvalue weighted by Gasteiger charge is -2.16. The van der Waals surface area contributed by atoms with Crippen molar-refractivity contribution in [2.24, 2.45) is 0 Å². The molecule has 172 valence electrons. The van der Waals surface area contributed by atoms with Crippen LogP contribution < -0.4 is 5.32 Å². The number of ether oxygens (including phenoxy) is 1. The Morgan fingerprint density at radius 1 is 1.25 bits per heavy atom. The van der Waals surface area contributed by atoms with E-state index in [1.807, 2.05) is 0 Å². The van der Waals surface area contributed by atoms with Crippen LogP contribution in [0.15, 0.2) is 30.9 Å². The fraction of sp³-hybridized carbons (Fsp3) is 0.353. The maximum atomic E-state index is 14.0. The van der Waals surface area contributed by atoms with Gasteiger partial charge in [-0.15, -0.1) is 0 Å². The maximum absolute atomic E-state index is 14.0. The van der Waals surface area contributed by atoms with Gasteiger partial charge in [0.1, 0.15) is 30.5 Å². The summed E-state index contributed by atoms with van der Waals surface area (Å²) in [5.41, 5.74) is 0.839. The van der Waals surface area contributed by atoms with Crippen molar-refractivity contribution in [3.8, 4) is 0 Å². The number of nitrogens with zero attached hydrogens (tertiary/aromatic N) is 4. The van der Waals surface area contributed by atoms with Gasteiger partial charge in [-0.2, -0.15) is 0 Å². The lowest BCUT2D eigenvalue weighted by atomic mass is 10.1. The van der Waals surface area contributed by atoms with Crippen LogP contribution in [0, 0.1) is 5.82 Å². The number of aliphatic hydroxyl groups excluding tert-OH is 2. The summed E-state index contributed by atoms with van der Waals surface area (Å²) in [7, 11) is -4.79. The summed E-state index contributed by atoms with van der Waals surface area (Å²) < 4.78 is 36.1. The number of nitrogens with one attached hydrogen (secondary N) is 1. The van der Waals surface area contributed by atoms with E-state index in [4.69, 9.17) is 26.1 Å². The highest BCUT2D eigenvalue weighted by atomic mass is 35.5. The molecule has 3 aromatic rings. The minimum atomic E-state index is -4.79. The number of fused-ring (bicyclic) bond motifs is 1. The molecule has 0 bridgehead atoms. The van der Waals surface area contributed by atoms with E-state index >= 15 is 0 Å². The van der Waals surface area contributed by atoms with Crippen molar-refractivity contribution in [3.63, 3.8) is 0 Å². The van der Waals surface area contributed by atoms with Crippen molar-refractivity contribution in [1.29, 1.82) is 0 Å². The van der Waals surface area contributed by atoms with E-state index in [0.29, 0.717) is 10.6 Å². The molecule has 0 aliphatic carbocycles. The first-order chi connectivity index (χ1) is 15.1. The number of imidazole rings is 1. The highest BCUT2D eigenvalue weighted by Crippen LogP contribution is 2.39. The molecule has 0 spiro atoms. The van der Waals surface area contributed by atoms with Gasteiger partial charge < -0.3 is 30.1 Å². The second-order valence-electron chi connectivity index (χ2n) is 6.97. The van der Waals surface area contributed by atoms with Crippen molar-refractivity contribution in [2.75, 3.05) is 11.9 Å². The van der Waals surface area contributed by atoms with E-state index < -0.39 is 44.8 Å². The fourth-order valence-corrected chi connectivity index (χ4v) is 3.83. The second-order valence-corrected chi connectivity index (χ2v) is 8.64. The Morgan fingerprint density at radius 3 is 2.78 bits per heavy atom. The number of phosphoric acid groups is 1. The van der Waals surface area contributed by atoms with Gasteiger partial charge in [-0.05, 0) is 18.2 Å². The van der Waals surface area contributed by atoms with E-state index in [0.717, 1.165) is 0 Å². The predicted molar refractivity (Wildman–Crippen MR) is 108 cm³/mol. The van der Waals surface area contributed by atoms with Crippen molar-refractivity contribution in [3.05, 3.63) is 47.3 Å². The smallest absolute Gasteiger partial charge is 0.387 e. The third-order valence-electron chi connectivity index (χ3n) is 4.83. The predicted octanol–water partition coefficient (Wildman–Crippen LogP) is 0.959. The zero-order chi connectivity index (χ0) is 23.0. The summed E-state index contributed by atoms with van der Waals surface area (Å²) >= 11 is 5.91. The lowest BCUT2D eigenvalue weighted by molar-refractivity contribution is -0.0504. The highest BCUT2D eigenvalue weighted by molar-refractivity contribution is 7.46. The van der Waals surface area contributed by atoms with Crippen molar-refractivity contribution >= 4 is 36.4 Å². The zero-order valence-corrected chi connectivity index (χ0v) is 17.8. The Balaban J connectivity index is 1.55. The number of anilines is 1. The van der Waals surface area contributed by atoms with Gasteiger partial charge in [0.25, 0.3) is 0 Å². The molecule has 0 amide bonds. The Morgan fingerprint density at radius 2 is 2.03 bits per heavy atom. The first-order valence-corrected chi connectivity index (χ1v) is 11.1. The van der Waals surface area contributed by atoms with E-state index in [1.165, 1.54) is 35.4 Å². The highest BCUT2D eigenvalue weighted by Gasteiger charge is 2.45. The summed E-state index contributed by atoms with van der Waals surface area (Å²) in [5.74, 6) is -0.166. The van der Waals surface area contributed by atoms with Crippen LogP contribution in [0.25, 0.3) is 11.2 Å². The van der Waals surface area contributed by atoms with E-state index in [-0.39, 0.29) is 23.5 Å². The van der Waals surface area contributed by atoms with Gasteiger partial charge in [-0.3, -0.25) is 9.09 Å². The van der Waals surface area contributed by atoms with Crippen LogP contribution in [0.1, 0.15) is 11.8 Å².